The molecule has 3 rings (SSSR count). The molecule has 0 bridgehead atoms. The van der Waals surface area contributed by atoms with E-state index in [1.807, 2.05) is 0 Å². The molecule has 2 heterocycles. The average molecular weight is 343 g/mol. The maximum Gasteiger partial charge on any atom is 0.269 e. The van der Waals surface area contributed by atoms with Gasteiger partial charge in [0.2, 0.25) is 0 Å². The molecule has 132 valence electrons. The number of carbonyl (C=O) groups excluding carboxylic acids is 1. The lowest BCUT2D eigenvalue weighted by molar-refractivity contribution is -0.123. The molecular weight excluding hydrogens is 321 g/mol. The van der Waals surface area contributed by atoms with E-state index in [9.17, 15) is 14.0 Å². The molecule has 1 saturated heterocycles. The summed E-state index contributed by atoms with van der Waals surface area (Å²) in [4.78, 5) is 33.0. The Morgan fingerprint density at radius 3 is 2.76 bits per heavy atom. The molecule has 6 heteroatoms. The van der Waals surface area contributed by atoms with Crippen molar-refractivity contribution in [2.24, 2.45) is 5.92 Å². The normalized spacial score (nSPS) is 16.0. The maximum atomic E-state index is 13.7. The van der Waals surface area contributed by atoms with Gasteiger partial charge >= 0.3 is 0 Å². The van der Waals surface area contributed by atoms with Crippen molar-refractivity contribution < 1.29 is 9.18 Å². The van der Waals surface area contributed by atoms with E-state index in [1.54, 1.807) is 24.4 Å². The summed E-state index contributed by atoms with van der Waals surface area (Å²) >= 11 is 0. The van der Waals surface area contributed by atoms with E-state index < -0.39 is 0 Å². The summed E-state index contributed by atoms with van der Waals surface area (Å²) in [6.45, 7) is 2.39. The first-order valence-corrected chi connectivity index (χ1v) is 8.64. The number of halogens is 1. The highest BCUT2D eigenvalue weighted by Gasteiger charge is 2.25. The SMILES string of the molecule is O=C(Cc1ccccc1F)C1CCN(CCc2ncc[nH]c2=O)CC1. The topological polar surface area (TPSA) is 66.1 Å². The molecule has 25 heavy (non-hydrogen) atoms. The zero-order chi connectivity index (χ0) is 17.6. The van der Waals surface area contributed by atoms with Crippen molar-refractivity contribution in [3.8, 4) is 0 Å². The van der Waals surface area contributed by atoms with Gasteiger partial charge < -0.3 is 9.88 Å². The van der Waals surface area contributed by atoms with Gasteiger partial charge in [-0.15, -0.1) is 0 Å². The fourth-order valence-corrected chi connectivity index (χ4v) is 3.28. The van der Waals surface area contributed by atoms with Crippen LogP contribution in [0.4, 0.5) is 4.39 Å². The van der Waals surface area contributed by atoms with Crippen LogP contribution in [0.15, 0.2) is 41.5 Å². The molecule has 0 saturated carbocycles. The van der Waals surface area contributed by atoms with Crippen LogP contribution >= 0.6 is 0 Å². The van der Waals surface area contributed by atoms with E-state index in [-0.39, 0.29) is 29.5 Å². The molecule has 0 aliphatic carbocycles. The summed E-state index contributed by atoms with van der Waals surface area (Å²) in [5.74, 6) is -0.200. The number of likely N-dealkylation sites (tertiary alicyclic amines) is 1. The Bertz CT molecular complexity index is 782. The molecule has 0 atom stereocenters. The molecular formula is C19H22FN3O2. The van der Waals surface area contributed by atoms with Crippen molar-refractivity contribution in [1.29, 1.82) is 0 Å². The third-order valence-corrected chi connectivity index (χ3v) is 4.81. The highest BCUT2D eigenvalue weighted by atomic mass is 19.1. The Kier molecular flexibility index (Phi) is 5.71. The van der Waals surface area contributed by atoms with Crippen molar-refractivity contribution in [3.05, 3.63) is 64.1 Å². The molecule has 1 N–H and O–H groups in total. The lowest BCUT2D eigenvalue weighted by Gasteiger charge is -2.31. The number of ketones is 1. The Balaban J connectivity index is 1.47. The van der Waals surface area contributed by atoms with E-state index in [0.717, 1.165) is 32.5 Å². The second-order valence-electron chi connectivity index (χ2n) is 6.47. The summed E-state index contributed by atoms with van der Waals surface area (Å²) in [5, 5.41) is 0. The van der Waals surface area contributed by atoms with Gasteiger partial charge in [-0.2, -0.15) is 0 Å². The fourth-order valence-electron chi connectivity index (χ4n) is 3.28. The molecule has 1 aromatic carbocycles. The van der Waals surface area contributed by atoms with Gasteiger partial charge in [0.15, 0.2) is 0 Å². The zero-order valence-corrected chi connectivity index (χ0v) is 14.1. The summed E-state index contributed by atoms with van der Waals surface area (Å²) < 4.78 is 13.7. The largest absolute Gasteiger partial charge is 0.326 e. The quantitative estimate of drug-likeness (QED) is 0.871. The maximum absolute atomic E-state index is 13.7. The number of aromatic amines is 1. The molecule has 0 radical (unpaired) electrons. The predicted octanol–water partition coefficient (Wildman–Crippen LogP) is 1.98. The van der Waals surface area contributed by atoms with E-state index >= 15 is 0 Å². The molecule has 2 aromatic rings. The van der Waals surface area contributed by atoms with Gasteiger partial charge in [0.05, 0.1) is 0 Å². The lowest BCUT2D eigenvalue weighted by Crippen LogP contribution is -2.38. The number of hydrogen-bond acceptors (Lipinski definition) is 4. The third kappa shape index (κ3) is 4.60. The highest BCUT2D eigenvalue weighted by Crippen LogP contribution is 2.20. The van der Waals surface area contributed by atoms with Gasteiger partial charge in [-0.25, -0.2) is 4.39 Å². The second kappa shape index (κ2) is 8.16. The fraction of sp³-hybridized carbons (Fsp3) is 0.421. The van der Waals surface area contributed by atoms with Crippen LogP contribution < -0.4 is 5.56 Å². The van der Waals surface area contributed by atoms with Crippen LogP contribution in [0.25, 0.3) is 0 Å². The van der Waals surface area contributed by atoms with Gasteiger partial charge in [0.25, 0.3) is 5.56 Å². The van der Waals surface area contributed by atoms with Crippen LogP contribution in [0.2, 0.25) is 0 Å². The number of nitrogens with zero attached hydrogens (tertiary/aromatic N) is 2. The van der Waals surface area contributed by atoms with E-state index in [2.05, 4.69) is 14.9 Å². The summed E-state index contributed by atoms with van der Waals surface area (Å²) in [6.07, 6.45) is 5.45. The third-order valence-electron chi connectivity index (χ3n) is 4.81. The summed E-state index contributed by atoms with van der Waals surface area (Å²) in [7, 11) is 0. The Labute approximate surface area is 145 Å². The number of rotatable bonds is 6. The first-order chi connectivity index (χ1) is 12.1. The number of carbonyl (C=O) groups is 1. The van der Waals surface area contributed by atoms with Crippen LogP contribution in [0, 0.1) is 11.7 Å². The number of aromatic nitrogens is 2. The standard InChI is InChI=1S/C19H22FN3O2/c20-16-4-2-1-3-15(16)13-18(24)14-5-10-23(11-6-14)12-7-17-19(25)22-9-8-21-17/h1-4,8-9,14H,5-7,10-13H2,(H,22,25). The Hall–Kier alpha value is -2.34. The van der Waals surface area contributed by atoms with Crippen LogP contribution in [-0.2, 0) is 17.6 Å². The monoisotopic (exact) mass is 343 g/mol. The smallest absolute Gasteiger partial charge is 0.269 e. The van der Waals surface area contributed by atoms with E-state index in [0.29, 0.717) is 17.7 Å². The molecule has 0 spiro atoms. The molecule has 0 amide bonds. The van der Waals surface area contributed by atoms with Gasteiger partial charge in [0, 0.05) is 37.7 Å². The lowest BCUT2D eigenvalue weighted by atomic mass is 9.89. The first-order valence-electron chi connectivity index (χ1n) is 8.64. The van der Waals surface area contributed by atoms with Crippen molar-refractivity contribution in [1.82, 2.24) is 14.9 Å². The van der Waals surface area contributed by atoms with E-state index in [4.69, 9.17) is 0 Å². The molecule has 1 aliphatic heterocycles. The molecule has 0 unspecified atom stereocenters. The predicted molar refractivity (Wildman–Crippen MR) is 92.8 cm³/mol. The van der Waals surface area contributed by atoms with Gasteiger partial charge in [-0.05, 0) is 37.6 Å². The van der Waals surface area contributed by atoms with Crippen molar-refractivity contribution in [2.45, 2.75) is 25.7 Å². The highest BCUT2D eigenvalue weighted by molar-refractivity contribution is 5.83. The number of hydrogen-bond donors (Lipinski definition) is 1. The van der Waals surface area contributed by atoms with E-state index in [1.165, 1.54) is 12.3 Å². The van der Waals surface area contributed by atoms with Crippen molar-refractivity contribution in [2.75, 3.05) is 19.6 Å². The average Bonchev–Trinajstić information content (AvgIpc) is 2.63. The van der Waals surface area contributed by atoms with Crippen LogP contribution in [0.1, 0.15) is 24.1 Å². The molecule has 1 fully saturated rings. The second-order valence-corrected chi connectivity index (χ2v) is 6.47. The number of piperidine rings is 1. The summed E-state index contributed by atoms with van der Waals surface area (Å²) in [6, 6.07) is 6.46. The zero-order valence-electron chi connectivity index (χ0n) is 14.1. The van der Waals surface area contributed by atoms with Crippen molar-refractivity contribution in [3.63, 3.8) is 0 Å². The van der Waals surface area contributed by atoms with Crippen LogP contribution in [0.3, 0.4) is 0 Å². The minimum absolute atomic E-state index is 0.00545. The minimum atomic E-state index is -0.311. The van der Waals surface area contributed by atoms with Crippen LogP contribution in [-0.4, -0.2) is 40.3 Å². The number of benzene rings is 1. The first kappa shape index (κ1) is 17.5. The van der Waals surface area contributed by atoms with Crippen molar-refractivity contribution >= 4 is 5.78 Å². The van der Waals surface area contributed by atoms with Crippen LogP contribution in [0.5, 0.6) is 0 Å². The number of H-pyrrole nitrogens is 1. The Morgan fingerprint density at radius 2 is 2.04 bits per heavy atom. The molecule has 1 aliphatic rings. The Morgan fingerprint density at radius 1 is 1.28 bits per heavy atom. The minimum Gasteiger partial charge on any atom is -0.326 e. The van der Waals surface area contributed by atoms with Gasteiger partial charge in [0.1, 0.15) is 17.3 Å². The van der Waals surface area contributed by atoms with Gasteiger partial charge in [-0.3, -0.25) is 14.6 Å². The number of Topliss-reactive ketones (excluding diaryl/α,β-unsaturated/α-hetero) is 1. The molecule has 5 nitrogen and oxygen atoms in total. The molecule has 1 aromatic heterocycles. The summed E-state index contributed by atoms with van der Waals surface area (Å²) in [5.41, 5.74) is 0.877. The van der Waals surface area contributed by atoms with Gasteiger partial charge in [-0.1, -0.05) is 18.2 Å². The number of nitrogens with one attached hydrogen (secondary N) is 1.